The predicted molar refractivity (Wildman–Crippen MR) is 164 cm³/mol. The minimum Gasteiger partial charge on any atom is -0.353 e. The molecular weight excluding hydrogens is 474 g/mol. The van der Waals surface area contributed by atoms with Gasteiger partial charge in [0.2, 0.25) is 0 Å². The van der Waals surface area contributed by atoms with Crippen molar-refractivity contribution < 1.29 is 0 Å². The van der Waals surface area contributed by atoms with E-state index >= 15 is 0 Å². The monoisotopic (exact) mass is 497 g/mol. The van der Waals surface area contributed by atoms with E-state index in [1.165, 1.54) is 76.8 Å². The maximum absolute atomic E-state index is 3.95. The Morgan fingerprint density at radius 1 is 0.333 bits per heavy atom. The van der Waals surface area contributed by atoms with Gasteiger partial charge in [-0.2, -0.15) is 0 Å². The van der Waals surface area contributed by atoms with Gasteiger partial charge in [-0.1, -0.05) is 84.9 Å². The molecule has 3 aromatic heterocycles. The number of rotatable bonds is 2. The highest BCUT2D eigenvalue weighted by molar-refractivity contribution is 6.30. The Morgan fingerprint density at radius 2 is 0.744 bits per heavy atom. The Bertz CT molecular complexity index is 2200. The molecule has 0 aliphatic carbocycles. The highest BCUT2D eigenvalue weighted by atomic mass is 15.0. The van der Waals surface area contributed by atoms with Crippen molar-refractivity contribution in [2.45, 2.75) is 0 Å². The third-order valence-electron chi connectivity index (χ3n) is 8.25. The van der Waals surface area contributed by atoms with Crippen LogP contribution in [0.3, 0.4) is 0 Å². The van der Waals surface area contributed by atoms with Crippen LogP contribution >= 0.6 is 0 Å². The van der Waals surface area contributed by atoms with Gasteiger partial charge in [-0.05, 0) is 48.5 Å². The molecule has 0 fully saturated rings. The van der Waals surface area contributed by atoms with Gasteiger partial charge < -0.3 is 14.1 Å². The maximum atomic E-state index is 3.95. The molecule has 0 bridgehead atoms. The fraction of sp³-hybridized carbons (Fsp3) is 0. The van der Waals surface area contributed by atoms with Crippen LogP contribution in [-0.2, 0) is 0 Å². The molecule has 39 heavy (non-hydrogen) atoms. The highest BCUT2D eigenvalue weighted by Gasteiger charge is 2.20. The molecular formula is C36H23N3. The largest absolute Gasteiger partial charge is 0.353 e. The number of benzene rings is 6. The van der Waals surface area contributed by atoms with Crippen molar-refractivity contribution in [2.75, 3.05) is 0 Å². The van der Waals surface area contributed by atoms with Gasteiger partial charge in [0, 0.05) is 43.7 Å². The zero-order valence-electron chi connectivity index (χ0n) is 21.1. The lowest BCUT2D eigenvalue weighted by atomic mass is 10.1. The number of hydrogen-bond acceptors (Lipinski definition) is 0. The summed E-state index contributed by atoms with van der Waals surface area (Å²) < 4.78 is 4.76. The summed E-state index contributed by atoms with van der Waals surface area (Å²) in [6, 6.07) is 48.0. The lowest BCUT2D eigenvalue weighted by molar-refractivity contribution is 1.18. The minimum atomic E-state index is 1.17. The van der Waals surface area contributed by atoms with Gasteiger partial charge in [0.15, 0.2) is 0 Å². The molecule has 182 valence electrons. The van der Waals surface area contributed by atoms with Gasteiger partial charge in [-0.15, -0.1) is 0 Å². The molecule has 9 rings (SSSR count). The van der Waals surface area contributed by atoms with Crippen LogP contribution in [0.1, 0.15) is 0 Å². The van der Waals surface area contributed by atoms with E-state index < -0.39 is 0 Å². The number of nitrogens with one attached hydrogen (secondary N) is 1. The molecule has 1 N–H and O–H groups in total. The molecule has 0 spiro atoms. The number of para-hydroxylation sites is 4. The predicted octanol–water partition coefficient (Wildman–Crippen LogP) is 9.52. The number of H-pyrrole nitrogens is 1. The first kappa shape index (κ1) is 20.7. The minimum absolute atomic E-state index is 1.17. The van der Waals surface area contributed by atoms with Crippen LogP contribution < -0.4 is 0 Å². The van der Waals surface area contributed by atoms with Crippen molar-refractivity contribution >= 4 is 65.4 Å². The quantitative estimate of drug-likeness (QED) is 0.246. The second kappa shape index (κ2) is 7.62. The molecule has 0 aliphatic heterocycles. The van der Waals surface area contributed by atoms with Crippen molar-refractivity contribution in [1.82, 2.24) is 14.1 Å². The summed E-state index contributed by atoms with van der Waals surface area (Å²) in [4.78, 5) is 3.95. The van der Waals surface area contributed by atoms with E-state index in [0.29, 0.717) is 0 Å². The van der Waals surface area contributed by atoms with Crippen LogP contribution in [0.2, 0.25) is 0 Å². The van der Waals surface area contributed by atoms with Gasteiger partial charge in [-0.25, -0.2) is 0 Å². The first-order chi connectivity index (χ1) is 19.4. The second-order valence-electron chi connectivity index (χ2n) is 10.3. The summed E-state index contributed by atoms with van der Waals surface area (Å²) in [5.74, 6) is 0. The zero-order chi connectivity index (χ0) is 25.5. The number of nitrogens with zero attached hydrogens (tertiary/aromatic N) is 2. The first-order valence-electron chi connectivity index (χ1n) is 13.4. The highest BCUT2D eigenvalue weighted by Crippen LogP contribution is 2.42. The van der Waals surface area contributed by atoms with E-state index in [4.69, 9.17) is 0 Å². The molecule has 0 saturated heterocycles. The Balaban J connectivity index is 1.47. The Morgan fingerprint density at radius 3 is 1.21 bits per heavy atom. The van der Waals surface area contributed by atoms with E-state index in [9.17, 15) is 0 Å². The Hall–Kier alpha value is -5.28. The van der Waals surface area contributed by atoms with Crippen LogP contribution in [-0.4, -0.2) is 14.1 Å². The molecule has 0 unspecified atom stereocenters. The summed E-state index contributed by atoms with van der Waals surface area (Å²) >= 11 is 0. The van der Waals surface area contributed by atoms with E-state index in [0.717, 1.165) is 0 Å². The Kier molecular flexibility index (Phi) is 4.05. The number of fused-ring (bicyclic) bond motifs is 11. The van der Waals surface area contributed by atoms with E-state index in [1.807, 2.05) is 0 Å². The third-order valence-corrected chi connectivity index (χ3v) is 8.25. The van der Waals surface area contributed by atoms with Crippen molar-refractivity contribution in [3.05, 3.63) is 133 Å². The summed E-state index contributed by atoms with van der Waals surface area (Å²) in [5.41, 5.74) is 9.59. The summed E-state index contributed by atoms with van der Waals surface area (Å²) in [7, 11) is 0. The molecule has 9 aromatic rings. The smallest absolute Gasteiger partial charge is 0.0566 e. The fourth-order valence-electron chi connectivity index (χ4n) is 6.66. The first-order valence-corrected chi connectivity index (χ1v) is 13.4. The Labute approximate surface area is 224 Å². The van der Waals surface area contributed by atoms with Gasteiger partial charge in [0.25, 0.3) is 0 Å². The average molecular weight is 498 g/mol. The van der Waals surface area contributed by atoms with Crippen LogP contribution in [0.15, 0.2) is 133 Å². The molecule has 0 amide bonds. The van der Waals surface area contributed by atoms with E-state index in [-0.39, 0.29) is 0 Å². The summed E-state index contributed by atoms with van der Waals surface area (Å²) in [6.07, 6.45) is 0. The van der Waals surface area contributed by atoms with Crippen molar-refractivity contribution in [3.63, 3.8) is 0 Å². The average Bonchev–Trinajstić information content (AvgIpc) is 3.65. The van der Waals surface area contributed by atoms with E-state index in [1.54, 1.807) is 0 Å². The summed E-state index contributed by atoms with van der Waals surface area (Å²) in [5, 5.41) is 7.57. The maximum Gasteiger partial charge on any atom is 0.0566 e. The standard InChI is InChI=1S/C36H23N3/c1-3-11-23(12-4-1)38-29-17-9-7-15-27(29)33-31(38)21-19-25-26-20-22-32-34(36(26)37-35(25)33)28-16-8-10-18-30(28)39(32)24-13-5-2-6-14-24/h1-22,37H. The molecule has 3 heterocycles. The molecule has 3 heteroatoms. The van der Waals surface area contributed by atoms with Gasteiger partial charge >= 0.3 is 0 Å². The van der Waals surface area contributed by atoms with Crippen LogP contribution in [0.25, 0.3) is 76.8 Å². The normalized spacial score (nSPS) is 12.1. The van der Waals surface area contributed by atoms with Gasteiger partial charge in [0.1, 0.15) is 0 Å². The number of aromatic nitrogens is 3. The van der Waals surface area contributed by atoms with Crippen molar-refractivity contribution in [1.29, 1.82) is 0 Å². The molecule has 0 atom stereocenters. The van der Waals surface area contributed by atoms with Crippen LogP contribution in [0, 0.1) is 0 Å². The van der Waals surface area contributed by atoms with Crippen molar-refractivity contribution in [2.24, 2.45) is 0 Å². The third kappa shape index (κ3) is 2.71. The SMILES string of the molecule is c1ccc(-n2c3ccccc3c3c4[nH]c5c(ccc6c5c5ccccc5n6-c5ccccc5)c4ccc32)cc1. The van der Waals surface area contributed by atoms with Crippen molar-refractivity contribution in [3.8, 4) is 11.4 Å². The molecule has 6 aromatic carbocycles. The number of hydrogen-bond donors (Lipinski definition) is 1. The number of aromatic amines is 1. The van der Waals surface area contributed by atoms with Gasteiger partial charge in [-0.3, -0.25) is 0 Å². The van der Waals surface area contributed by atoms with Crippen LogP contribution in [0.4, 0.5) is 0 Å². The lowest BCUT2D eigenvalue weighted by Gasteiger charge is -2.07. The molecule has 3 nitrogen and oxygen atoms in total. The topological polar surface area (TPSA) is 25.6 Å². The molecule has 0 radical (unpaired) electrons. The second-order valence-corrected chi connectivity index (χ2v) is 10.3. The van der Waals surface area contributed by atoms with E-state index in [2.05, 4.69) is 148 Å². The zero-order valence-corrected chi connectivity index (χ0v) is 21.1. The molecule has 0 saturated carbocycles. The fourth-order valence-corrected chi connectivity index (χ4v) is 6.66. The summed E-state index contributed by atoms with van der Waals surface area (Å²) in [6.45, 7) is 0. The molecule has 0 aliphatic rings. The van der Waals surface area contributed by atoms with Crippen LogP contribution in [0.5, 0.6) is 0 Å². The lowest BCUT2D eigenvalue weighted by Crippen LogP contribution is -1.92. The van der Waals surface area contributed by atoms with Gasteiger partial charge in [0.05, 0.1) is 33.1 Å².